The number of rotatable bonds is 8. The summed E-state index contributed by atoms with van der Waals surface area (Å²) < 4.78 is 10.2. The standard InChI is InChI=1S/C11H26O2Si/c1-11(2,3)8-6-4-5-7-9-12-10-13-14/h4-10H2,1-3,14H3. The lowest BCUT2D eigenvalue weighted by Crippen LogP contribution is -2.04. The van der Waals surface area contributed by atoms with Crippen molar-refractivity contribution < 1.29 is 9.16 Å². The summed E-state index contributed by atoms with van der Waals surface area (Å²) in [6, 6.07) is 0. The Labute approximate surface area is 91.9 Å². The summed E-state index contributed by atoms with van der Waals surface area (Å²) >= 11 is 0. The van der Waals surface area contributed by atoms with Gasteiger partial charge in [0, 0.05) is 6.61 Å². The maximum Gasteiger partial charge on any atom is 0.149 e. The second-order valence-corrected chi connectivity index (χ2v) is 5.62. The third-order valence-electron chi connectivity index (χ3n) is 2.17. The Bertz CT molecular complexity index is 121. The maximum atomic E-state index is 5.24. The molecule has 2 nitrogen and oxygen atoms in total. The first-order valence-electron chi connectivity index (χ1n) is 5.63. The van der Waals surface area contributed by atoms with E-state index >= 15 is 0 Å². The maximum absolute atomic E-state index is 5.24. The van der Waals surface area contributed by atoms with Gasteiger partial charge in [-0.15, -0.1) is 0 Å². The van der Waals surface area contributed by atoms with Gasteiger partial charge >= 0.3 is 0 Å². The number of hydrogen-bond donors (Lipinski definition) is 0. The molecule has 86 valence electrons. The van der Waals surface area contributed by atoms with Crippen LogP contribution in [0.3, 0.4) is 0 Å². The lowest BCUT2D eigenvalue weighted by Gasteiger charge is -2.17. The number of ether oxygens (including phenoxy) is 1. The van der Waals surface area contributed by atoms with Crippen molar-refractivity contribution in [1.29, 1.82) is 0 Å². The Morgan fingerprint density at radius 2 is 1.64 bits per heavy atom. The zero-order valence-electron chi connectivity index (χ0n) is 10.3. The SMILES string of the molecule is CC(C)(C)CCCCCCOCO[SiH3]. The first kappa shape index (κ1) is 14.1. The minimum atomic E-state index is 0.494. The van der Waals surface area contributed by atoms with Gasteiger partial charge in [0.25, 0.3) is 0 Å². The van der Waals surface area contributed by atoms with Gasteiger partial charge in [0.15, 0.2) is 0 Å². The quantitative estimate of drug-likeness (QED) is 0.353. The molecule has 0 unspecified atom stereocenters. The molecule has 0 saturated carbocycles. The van der Waals surface area contributed by atoms with Crippen molar-refractivity contribution in [2.75, 3.05) is 13.4 Å². The van der Waals surface area contributed by atoms with E-state index in [0.717, 1.165) is 17.1 Å². The predicted octanol–water partition coefficient (Wildman–Crippen LogP) is 2.25. The zero-order chi connectivity index (χ0) is 10.9. The van der Waals surface area contributed by atoms with Gasteiger partial charge < -0.3 is 9.16 Å². The molecule has 0 aliphatic rings. The van der Waals surface area contributed by atoms with Gasteiger partial charge in [-0.25, -0.2) is 0 Å². The molecule has 3 heteroatoms. The first-order chi connectivity index (χ1) is 6.56. The van der Waals surface area contributed by atoms with Crippen molar-refractivity contribution in [2.45, 2.75) is 52.9 Å². The lowest BCUT2D eigenvalue weighted by molar-refractivity contribution is 0.0184. The molecule has 0 rings (SSSR count). The van der Waals surface area contributed by atoms with Crippen LogP contribution in [0.4, 0.5) is 0 Å². The van der Waals surface area contributed by atoms with Crippen molar-refractivity contribution in [3.05, 3.63) is 0 Å². The monoisotopic (exact) mass is 218 g/mol. The zero-order valence-corrected chi connectivity index (χ0v) is 12.3. The summed E-state index contributed by atoms with van der Waals surface area (Å²) in [5.41, 5.74) is 0.497. The van der Waals surface area contributed by atoms with E-state index in [-0.39, 0.29) is 0 Å². The van der Waals surface area contributed by atoms with Crippen LogP contribution in [0.1, 0.15) is 52.9 Å². The van der Waals surface area contributed by atoms with Crippen LogP contribution in [0.2, 0.25) is 0 Å². The summed E-state index contributed by atoms with van der Waals surface area (Å²) in [4.78, 5) is 0. The van der Waals surface area contributed by atoms with E-state index in [0.29, 0.717) is 12.2 Å². The Morgan fingerprint density at radius 3 is 2.21 bits per heavy atom. The molecule has 0 saturated heterocycles. The summed E-state index contributed by atoms with van der Waals surface area (Å²) in [5, 5.41) is 0. The highest BCUT2D eigenvalue weighted by molar-refractivity contribution is 5.97. The molecule has 0 aromatic carbocycles. The molecule has 0 amide bonds. The third kappa shape index (κ3) is 12.1. The van der Waals surface area contributed by atoms with E-state index in [1.807, 2.05) is 0 Å². The smallest absolute Gasteiger partial charge is 0.149 e. The predicted molar refractivity (Wildman–Crippen MR) is 64.4 cm³/mol. The van der Waals surface area contributed by atoms with Crippen molar-refractivity contribution in [2.24, 2.45) is 5.41 Å². The normalized spacial score (nSPS) is 12.2. The highest BCUT2D eigenvalue weighted by atomic mass is 28.2. The van der Waals surface area contributed by atoms with Crippen LogP contribution in [0.15, 0.2) is 0 Å². The lowest BCUT2D eigenvalue weighted by atomic mass is 9.89. The summed E-state index contributed by atoms with van der Waals surface area (Å²) in [7, 11) is 0.779. The second kappa shape index (κ2) is 8.45. The highest BCUT2D eigenvalue weighted by Crippen LogP contribution is 2.22. The van der Waals surface area contributed by atoms with Gasteiger partial charge in [-0.3, -0.25) is 0 Å². The molecule has 0 aliphatic carbocycles. The van der Waals surface area contributed by atoms with Crippen LogP contribution in [-0.4, -0.2) is 23.9 Å². The van der Waals surface area contributed by atoms with Gasteiger partial charge in [-0.1, -0.05) is 40.0 Å². The van der Waals surface area contributed by atoms with Gasteiger partial charge in [0.1, 0.15) is 17.3 Å². The average molecular weight is 218 g/mol. The fraction of sp³-hybridized carbons (Fsp3) is 1.00. The van der Waals surface area contributed by atoms with E-state index in [1.165, 1.54) is 32.1 Å². The Kier molecular flexibility index (Phi) is 8.53. The average Bonchev–Trinajstić information content (AvgIpc) is 2.08. The Balaban J connectivity index is 2.99. The molecule has 14 heavy (non-hydrogen) atoms. The van der Waals surface area contributed by atoms with Crippen LogP contribution < -0.4 is 0 Å². The van der Waals surface area contributed by atoms with Crippen LogP contribution in [0, 0.1) is 5.41 Å². The summed E-state index contributed by atoms with van der Waals surface area (Å²) in [6.45, 7) is 8.27. The molecule has 0 aliphatic heterocycles. The molecule has 0 radical (unpaired) electrons. The fourth-order valence-electron chi connectivity index (χ4n) is 1.36. The van der Waals surface area contributed by atoms with E-state index < -0.39 is 0 Å². The number of unbranched alkanes of at least 4 members (excludes halogenated alkanes) is 3. The van der Waals surface area contributed by atoms with Gasteiger partial charge in [0.05, 0.1) is 0 Å². The molecular weight excluding hydrogens is 192 g/mol. The topological polar surface area (TPSA) is 18.5 Å². The number of hydrogen-bond acceptors (Lipinski definition) is 2. The van der Waals surface area contributed by atoms with Crippen LogP contribution in [0.5, 0.6) is 0 Å². The molecule has 0 bridgehead atoms. The van der Waals surface area contributed by atoms with Crippen LogP contribution in [-0.2, 0) is 9.16 Å². The third-order valence-corrected chi connectivity index (χ3v) is 2.40. The largest absolute Gasteiger partial charge is 0.406 e. The first-order valence-corrected chi connectivity index (χ1v) is 6.44. The van der Waals surface area contributed by atoms with Gasteiger partial charge in [-0.2, -0.15) is 0 Å². The summed E-state index contributed by atoms with van der Waals surface area (Å²) in [6.07, 6.45) is 6.48. The second-order valence-electron chi connectivity index (χ2n) is 5.04. The van der Waals surface area contributed by atoms with Crippen molar-refractivity contribution in [1.82, 2.24) is 0 Å². The molecular formula is C11H26O2Si. The van der Waals surface area contributed by atoms with E-state index in [2.05, 4.69) is 20.8 Å². The van der Waals surface area contributed by atoms with Crippen LogP contribution in [0.25, 0.3) is 0 Å². The van der Waals surface area contributed by atoms with Gasteiger partial charge in [-0.05, 0) is 18.3 Å². The molecule has 0 fully saturated rings. The fourth-order valence-corrected chi connectivity index (χ4v) is 1.52. The molecule has 0 aromatic rings. The van der Waals surface area contributed by atoms with E-state index in [4.69, 9.17) is 9.16 Å². The summed E-state index contributed by atoms with van der Waals surface area (Å²) in [5.74, 6) is 0. The van der Waals surface area contributed by atoms with E-state index in [9.17, 15) is 0 Å². The molecule has 0 aromatic heterocycles. The minimum Gasteiger partial charge on any atom is -0.406 e. The molecule has 0 spiro atoms. The Morgan fingerprint density at radius 1 is 1.00 bits per heavy atom. The van der Waals surface area contributed by atoms with Crippen LogP contribution >= 0.6 is 0 Å². The molecule has 0 N–H and O–H groups in total. The molecule has 0 atom stereocenters. The van der Waals surface area contributed by atoms with Crippen molar-refractivity contribution in [3.63, 3.8) is 0 Å². The molecule has 0 heterocycles. The highest BCUT2D eigenvalue weighted by Gasteiger charge is 2.08. The van der Waals surface area contributed by atoms with Crippen molar-refractivity contribution in [3.8, 4) is 0 Å². The van der Waals surface area contributed by atoms with E-state index in [1.54, 1.807) is 0 Å². The Hall–Kier alpha value is 0.137. The van der Waals surface area contributed by atoms with Gasteiger partial charge in [0.2, 0.25) is 0 Å². The van der Waals surface area contributed by atoms with Crippen molar-refractivity contribution >= 4 is 10.5 Å². The minimum absolute atomic E-state index is 0.494.